The SMILES string of the molecule is CCOC(=O)C(C)(C)n1nncc1C(=O)O. The van der Waals surface area contributed by atoms with Crippen molar-refractivity contribution in [1.82, 2.24) is 15.0 Å². The Morgan fingerprint density at radius 2 is 2.19 bits per heavy atom. The van der Waals surface area contributed by atoms with Gasteiger partial charge in [-0.15, -0.1) is 5.10 Å². The summed E-state index contributed by atoms with van der Waals surface area (Å²) >= 11 is 0. The number of carboxylic acid groups (broad SMARTS) is 1. The predicted molar refractivity (Wildman–Crippen MR) is 52.9 cm³/mol. The van der Waals surface area contributed by atoms with Crippen molar-refractivity contribution in [1.29, 1.82) is 0 Å². The lowest BCUT2D eigenvalue weighted by atomic mass is 10.1. The molecule has 0 saturated carbocycles. The maximum Gasteiger partial charge on any atom is 0.355 e. The molecule has 0 aliphatic rings. The quantitative estimate of drug-likeness (QED) is 0.742. The second-order valence-corrected chi connectivity index (χ2v) is 3.62. The first-order valence-corrected chi connectivity index (χ1v) is 4.73. The number of esters is 1. The average molecular weight is 227 g/mol. The maximum atomic E-state index is 11.6. The fourth-order valence-corrected chi connectivity index (χ4v) is 1.19. The Hall–Kier alpha value is -1.92. The molecule has 7 heteroatoms. The monoisotopic (exact) mass is 227 g/mol. The fraction of sp³-hybridized carbons (Fsp3) is 0.556. The molecule has 0 saturated heterocycles. The van der Waals surface area contributed by atoms with Crippen molar-refractivity contribution < 1.29 is 19.4 Å². The van der Waals surface area contributed by atoms with Crippen LogP contribution in [-0.4, -0.2) is 38.6 Å². The van der Waals surface area contributed by atoms with Gasteiger partial charge in [0, 0.05) is 0 Å². The number of ether oxygens (including phenoxy) is 1. The van der Waals surface area contributed by atoms with Crippen molar-refractivity contribution in [2.75, 3.05) is 6.61 Å². The first-order valence-electron chi connectivity index (χ1n) is 4.73. The maximum absolute atomic E-state index is 11.6. The summed E-state index contributed by atoms with van der Waals surface area (Å²) in [5.74, 6) is -1.75. The van der Waals surface area contributed by atoms with Crippen molar-refractivity contribution in [2.45, 2.75) is 26.3 Å². The minimum Gasteiger partial charge on any atom is -0.476 e. The van der Waals surface area contributed by atoms with Crippen molar-refractivity contribution in [3.8, 4) is 0 Å². The molecule has 0 unspecified atom stereocenters. The summed E-state index contributed by atoms with van der Waals surface area (Å²) in [5.41, 5.74) is -1.35. The Bertz CT molecular complexity index is 411. The molecular formula is C9H13N3O4. The standard InChI is InChI=1S/C9H13N3O4/c1-4-16-8(15)9(2,3)12-6(7(13)14)5-10-11-12/h5H,4H2,1-3H3,(H,13,14). The van der Waals surface area contributed by atoms with Crippen LogP contribution in [0.1, 0.15) is 31.3 Å². The van der Waals surface area contributed by atoms with E-state index < -0.39 is 17.5 Å². The fourth-order valence-electron chi connectivity index (χ4n) is 1.19. The van der Waals surface area contributed by atoms with E-state index in [4.69, 9.17) is 9.84 Å². The summed E-state index contributed by atoms with van der Waals surface area (Å²) in [6.45, 7) is 4.94. The number of carboxylic acids is 1. The third-order valence-electron chi connectivity index (χ3n) is 2.07. The number of carbonyl (C=O) groups excluding carboxylic acids is 1. The lowest BCUT2D eigenvalue weighted by Gasteiger charge is -2.23. The molecule has 0 aliphatic heterocycles. The third-order valence-corrected chi connectivity index (χ3v) is 2.07. The van der Waals surface area contributed by atoms with Crippen LogP contribution in [0.4, 0.5) is 0 Å². The van der Waals surface area contributed by atoms with E-state index >= 15 is 0 Å². The topological polar surface area (TPSA) is 94.3 Å². The zero-order chi connectivity index (χ0) is 12.3. The molecule has 16 heavy (non-hydrogen) atoms. The summed E-state index contributed by atoms with van der Waals surface area (Å²) in [6, 6.07) is 0. The smallest absolute Gasteiger partial charge is 0.355 e. The highest BCUT2D eigenvalue weighted by Crippen LogP contribution is 2.18. The highest BCUT2D eigenvalue weighted by molar-refractivity contribution is 5.87. The average Bonchev–Trinajstić information content (AvgIpc) is 2.66. The van der Waals surface area contributed by atoms with E-state index in [-0.39, 0.29) is 12.3 Å². The van der Waals surface area contributed by atoms with Crippen LogP contribution in [0, 0.1) is 0 Å². The molecular weight excluding hydrogens is 214 g/mol. The van der Waals surface area contributed by atoms with E-state index in [1.165, 1.54) is 13.8 Å². The lowest BCUT2D eigenvalue weighted by molar-refractivity contribution is -0.152. The van der Waals surface area contributed by atoms with Crippen LogP contribution in [0.2, 0.25) is 0 Å². The summed E-state index contributed by atoms with van der Waals surface area (Å²) < 4.78 is 5.88. The van der Waals surface area contributed by atoms with Gasteiger partial charge in [0.15, 0.2) is 11.2 Å². The minimum atomic E-state index is -1.19. The molecule has 0 aliphatic carbocycles. The van der Waals surface area contributed by atoms with Crippen LogP contribution in [0.5, 0.6) is 0 Å². The van der Waals surface area contributed by atoms with Crippen LogP contribution in [0.3, 0.4) is 0 Å². The van der Waals surface area contributed by atoms with E-state index in [0.717, 1.165) is 10.9 Å². The van der Waals surface area contributed by atoms with E-state index in [1.54, 1.807) is 6.92 Å². The van der Waals surface area contributed by atoms with Crippen LogP contribution in [0.25, 0.3) is 0 Å². The van der Waals surface area contributed by atoms with E-state index in [1.807, 2.05) is 0 Å². The van der Waals surface area contributed by atoms with E-state index in [2.05, 4.69) is 10.3 Å². The van der Waals surface area contributed by atoms with Crippen LogP contribution < -0.4 is 0 Å². The molecule has 1 N–H and O–H groups in total. The number of aromatic carboxylic acids is 1. The Balaban J connectivity index is 3.11. The third kappa shape index (κ3) is 2.02. The molecule has 1 aromatic heterocycles. The van der Waals surface area contributed by atoms with Crippen LogP contribution >= 0.6 is 0 Å². The van der Waals surface area contributed by atoms with E-state index in [0.29, 0.717) is 0 Å². The second kappa shape index (κ2) is 4.30. The van der Waals surface area contributed by atoms with Gasteiger partial charge in [-0.2, -0.15) is 0 Å². The first kappa shape index (κ1) is 12.2. The van der Waals surface area contributed by atoms with Gasteiger partial charge in [0.2, 0.25) is 0 Å². The Morgan fingerprint density at radius 1 is 1.56 bits per heavy atom. The number of hydrogen-bond acceptors (Lipinski definition) is 5. The van der Waals surface area contributed by atoms with Gasteiger partial charge in [-0.1, -0.05) is 5.21 Å². The molecule has 1 rings (SSSR count). The largest absolute Gasteiger partial charge is 0.476 e. The Kier molecular flexibility index (Phi) is 3.26. The molecule has 1 heterocycles. The molecule has 0 fully saturated rings. The molecule has 0 radical (unpaired) electrons. The molecule has 0 amide bonds. The van der Waals surface area contributed by atoms with Gasteiger partial charge in [0.25, 0.3) is 0 Å². The molecule has 0 spiro atoms. The van der Waals surface area contributed by atoms with Crippen molar-refractivity contribution in [2.24, 2.45) is 0 Å². The Morgan fingerprint density at radius 3 is 2.69 bits per heavy atom. The minimum absolute atomic E-state index is 0.155. The molecule has 0 aromatic carbocycles. The molecule has 7 nitrogen and oxygen atoms in total. The normalized spacial score (nSPS) is 11.2. The predicted octanol–water partition coefficient (Wildman–Crippen LogP) is 0.274. The number of nitrogens with zero attached hydrogens (tertiary/aromatic N) is 3. The second-order valence-electron chi connectivity index (χ2n) is 3.62. The first-order chi connectivity index (χ1) is 7.41. The molecule has 1 aromatic rings. The van der Waals surface area contributed by atoms with Crippen molar-refractivity contribution >= 4 is 11.9 Å². The number of rotatable bonds is 4. The van der Waals surface area contributed by atoms with Gasteiger partial charge in [-0.3, -0.25) is 0 Å². The lowest BCUT2D eigenvalue weighted by Crippen LogP contribution is -2.40. The summed E-state index contributed by atoms with van der Waals surface area (Å²) in [5, 5.41) is 16.0. The number of aromatic nitrogens is 3. The van der Waals surface area contributed by atoms with E-state index in [9.17, 15) is 9.59 Å². The van der Waals surface area contributed by atoms with Crippen LogP contribution in [0.15, 0.2) is 6.20 Å². The number of carbonyl (C=O) groups is 2. The number of hydrogen-bond donors (Lipinski definition) is 1. The van der Waals surface area contributed by atoms with Gasteiger partial charge in [-0.25, -0.2) is 14.3 Å². The highest BCUT2D eigenvalue weighted by Gasteiger charge is 2.35. The van der Waals surface area contributed by atoms with Crippen molar-refractivity contribution in [3.05, 3.63) is 11.9 Å². The van der Waals surface area contributed by atoms with Crippen molar-refractivity contribution in [3.63, 3.8) is 0 Å². The van der Waals surface area contributed by atoms with Gasteiger partial charge in [0.05, 0.1) is 12.8 Å². The van der Waals surface area contributed by atoms with Gasteiger partial charge < -0.3 is 9.84 Å². The Labute approximate surface area is 92.0 Å². The molecule has 88 valence electrons. The summed E-state index contributed by atoms with van der Waals surface area (Å²) in [7, 11) is 0. The zero-order valence-corrected chi connectivity index (χ0v) is 9.30. The highest BCUT2D eigenvalue weighted by atomic mass is 16.5. The van der Waals surface area contributed by atoms with Gasteiger partial charge in [-0.05, 0) is 20.8 Å². The van der Waals surface area contributed by atoms with Crippen LogP contribution in [-0.2, 0) is 15.1 Å². The molecule has 0 atom stereocenters. The van der Waals surface area contributed by atoms with Gasteiger partial charge in [0.1, 0.15) is 0 Å². The summed E-state index contributed by atoms with van der Waals surface area (Å²) in [4.78, 5) is 22.5. The van der Waals surface area contributed by atoms with Gasteiger partial charge >= 0.3 is 11.9 Å². The molecule has 0 bridgehead atoms. The zero-order valence-electron chi connectivity index (χ0n) is 9.30. The summed E-state index contributed by atoms with van der Waals surface area (Å²) in [6.07, 6.45) is 1.09.